The van der Waals surface area contributed by atoms with E-state index < -0.39 is 9.85 Å². The monoisotopic (exact) mass is 582 g/mol. The zero-order chi connectivity index (χ0) is 30.2. The molecule has 0 spiro atoms. The molecule has 42 heavy (non-hydrogen) atoms. The molecule has 4 aliphatic rings. The van der Waals surface area contributed by atoms with Gasteiger partial charge >= 0.3 is 0 Å². The quantitative estimate of drug-likeness (QED) is 0.125. The summed E-state index contributed by atoms with van der Waals surface area (Å²) in [5, 5.41) is 38.4. The minimum Gasteiger partial charge on any atom is -0.393 e. The van der Waals surface area contributed by atoms with Gasteiger partial charge in [0, 0.05) is 25.6 Å². The highest BCUT2D eigenvalue weighted by Crippen LogP contribution is 2.67. The largest absolute Gasteiger partial charge is 0.393 e. The molecule has 1 amide bonds. The van der Waals surface area contributed by atoms with Crippen molar-refractivity contribution >= 4 is 23.0 Å². The third-order valence-corrected chi connectivity index (χ3v) is 11.8. The number of nitro groups is 2. The van der Waals surface area contributed by atoms with Gasteiger partial charge in [0.1, 0.15) is 5.69 Å². The van der Waals surface area contributed by atoms with Crippen LogP contribution in [0, 0.1) is 60.6 Å². The predicted octanol–water partition coefficient (Wildman–Crippen LogP) is 6.39. The van der Waals surface area contributed by atoms with Crippen molar-refractivity contribution in [2.45, 2.75) is 91.1 Å². The summed E-state index contributed by atoms with van der Waals surface area (Å²) < 4.78 is 0. The smallest absolute Gasteiger partial charge is 0.299 e. The zero-order valence-corrected chi connectivity index (χ0v) is 25.1. The third kappa shape index (κ3) is 5.66. The van der Waals surface area contributed by atoms with E-state index >= 15 is 0 Å². The molecule has 0 heterocycles. The van der Waals surface area contributed by atoms with Gasteiger partial charge in [0.2, 0.25) is 5.91 Å². The Morgan fingerprint density at radius 1 is 1.07 bits per heavy atom. The molecule has 0 aliphatic heterocycles. The van der Waals surface area contributed by atoms with Crippen LogP contribution in [0.15, 0.2) is 29.8 Å². The lowest BCUT2D eigenvalue weighted by atomic mass is 9.47. The highest BCUT2D eigenvalue weighted by molar-refractivity contribution is 5.76. The van der Waals surface area contributed by atoms with E-state index in [-0.39, 0.29) is 41.0 Å². The molecule has 1 unspecified atom stereocenters. The van der Waals surface area contributed by atoms with E-state index in [4.69, 9.17) is 0 Å². The molecule has 1 aromatic rings. The predicted molar refractivity (Wildman–Crippen MR) is 161 cm³/mol. The van der Waals surface area contributed by atoms with Crippen molar-refractivity contribution in [3.05, 3.63) is 50.1 Å². The van der Waals surface area contributed by atoms with Gasteiger partial charge in [-0.05, 0) is 104 Å². The van der Waals surface area contributed by atoms with Crippen molar-refractivity contribution in [1.29, 1.82) is 0 Å². The number of carbonyl (C=O) groups is 1. The summed E-state index contributed by atoms with van der Waals surface area (Å²) in [4.78, 5) is 33.6. The van der Waals surface area contributed by atoms with Crippen molar-refractivity contribution in [3.63, 3.8) is 0 Å². The molecule has 0 bridgehead atoms. The number of rotatable bonds is 10. The van der Waals surface area contributed by atoms with Crippen LogP contribution >= 0.6 is 0 Å². The Hall–Kier alpha value is -3.01. The van der Waals surface area contributed by atoms with Crippen molar-refractivity contribution in [1.82, 2.24) is 5.32 Å². The lowest BCUT2D eigenvalue weighted by Gasteiger charge is -2.58. The SMILES string of the molecule is CC(CCC(=O)NCCNc1ccc([N+](=O)[O-])cc1[N+](=O)[O-])[C@H]1CC[C@H]2[C@@H]3CC=C4C[C@@H](O)CC[C@]4(C)[C@H]3CC[C@]12C. The lowest BCUT2D eigenvalue weighted by Crippen LogP contribution is -2.50. The average molecular weight is 583 g/mol. The topological polar surface area (TPSA) is 148 Å². The van der Waals surface area contributed by atoms with Gasteiger partial charge in [-0.25, -0.2) is 0 Å². The van der Waals surface area contributed by atoms with E-state index in [9.17, 15) is 30.1 Å². The first-order valence-electron chi connectivity index (χ1n) is 15.7. The first-order chi connectivity index (χ1) is 19.9. The first-order valence-corrected chi connectivity index (χ1v) is 15.7. The number of nitrogens with one attached hydrogen (secondary N) is 2. The fraction of sp³-hybridized carbons (Fsp3) is 0.719. The van der Waals surface area contributed by atoms with E-state index in [1.807, 2.05) is 0 Å². The zero-order valence-electron chi connectivity index (χ0n) is 25.1. The summed E-state index contributed by atoms with van der Waals surface area (Å²) in [6.45, 7) is 7.89. The number of carbonyl (C=O) groups excluding carboxylic acids is 1. The number of nitro benzene ring substituents is 2. The van der Waals surface area contributed by atoms with Gasteiger partial charge in [0.05, 0.1) is 22.0 Å². The van der Waals surface area contributed by atoms with Gasteiger partial charge < -0.3 is 15.7 Å². The summed E-state index contributed by atoms with van der Waals surface area (Å²) in [7, 11) is 0. The van der Waals surface area contributed by atoms with Gasteiger partial charge in [0.15, 0.2) is 0 Å². The van der Waals surface area contributed by atoms with Gasteiger partial charge in [-0.1, -0.05) is 32.4 Å². The van der Waals surface area contributed by atoms with Gasteiger partial charge in [0.25, 0.3) is 11.4 Å². The normalized spacial score (nSPS) is 34.3. The second-order valence-electron chi connectivity index (χ2n) is 13.9. The first kappa shape index (κ1) is 30.4. The molecule has 230 valence electrons. The van der Waals surface area contributed by atoms with Crippen LogP contribution in [0.5, 0.6) is 0 Å². The fourth-order valence-corrected chi connectivity index (χ4v) is 9.60. The van der Waals surface area contributed by atoms with Crippen LogP contribution in [0.25, 0.3) is 0 Å². The van der Waals surface area contributed by atoms with Crippen molar-refractivity contribution in [2.24, 2.45) is 40.4 Å². The number of aliphatic hydroxyl groups is 1. The number of aliphatic hydroxyl groups excluding tert-OH is 1. The van der Waals surface area contributed by atoms with Crippen molar-refractivity contribution < 1.29 is 19.7 Å². The molecule has 8 atom stereocenters. The minimum absolute atomic E-state index is 0.0254. The summed E-state index contributed by atoms with van der Waals surface area (Å²) in [5.41, 5.74) is 1.57. The van der Waals surface area contributed by atoms with Crippen molar-refractivity contribution in [2.75, 3.05) is 18.4 Å². The summed E-state index contributed by atoms with van der Waals surface area (Å²) in [6.07, 6.45) is 12.7. The van der Waals surface area contributed by atoms with Crippen LogP contribution in [0.1, 0.15) is 85.0 Å². The Kier molecular flexibility index (Phi) is 8.65. The van der Waals surface area contributed by atoms with Gasteiger partial charge in [-0.3, -0.25) is 25.0 Å². The maximum absolute atomic E-state index is 12.7. The molecule has 0 radical (unpaired) electrons. The minimum atomic E-state index is -0.665. The van der Waals surface area contributed by atoms with Crippen LogP contribution in [0.4, 0.5) is 17.1 Å². The Morgan fingerprint density at radius 2 is 1.86 bits per heavy atom. The number of hydrogen-bond acceptors (Lipinski definition) is 7. The van der Waals surface area contributed by atoms with E-state index in [0.717, 1.165) is 55.9 Å². The molecule has 3 N–H and O–H groups in total. The van der Waals surface area contributed by atoms with Crippen molar-refractivity contribution in [3.8, 4) is 0 Å². The second kappa shape index (κ2) is 11.9. The molecule has 3 fully saturated rings. The molecular weight excluding hydrogens is 536 g/mol. The number of benzene rings is 1. The molecular formula is C32H46N4O6. The Labute approximate surface area is 248 Å². The average Bonchev–Trinajstić information content (AvgIpc) is 3.31. The second-order valence-corrected chi connectivity index (χ2v) is 13.9. The lowest BCUT2D eigenvalue weighted by molar-refractivity contribution is -0.393. The van der Waals surface area contributed by atoms with Crippen LogP contribution < -0.4 is 10.6 Å². The number of non-ortho nitro benzene ring substituents is 1. The summed E-state index contributed by atoms with van der Waals surface area (Å²) >= 11 is 0. The third-order valence-electron chi connectivity index (χ3n) is 11.8. The van der Waals surface area contributed by atoms with Gasteiger partial charge in [-0.15, -0.1) is 0 Å². The fourth-order valence-electron chi connectivity index (χ4n) is 9.60. The number of fused-ring (bicyclic) bond motifs is 5. The van der Waals surface area contributed by atoms with Crippen LogP contribution in [-0.4, -0.2) is 40.1 Å². The van der Waals surface area contributed by atoms with E-state index in [2.05, 4.69) is 37.5 Å². The van der Waals surface area contributed by atoms with Crippen LogP contribution in [0.3, 0.4) is 0 Å². The van der Waals surface area contributed by atoms with Crippen LogP contribution in [0.2, 0.25) is 0 Å². The number of anilines is 1. The summed E-state index contributed by atoms with van der Waals surface area (Å²) in [6, 6.07) is 3.48. The molecule has 10 heteroatoms. The number of hydrogen-bond donors (Lipinski definition) is 3. The van der Waals surface area contributed by atoms with Gasteiger partial charge in [-0.2, -0.15) is 0 Å². The molecule has 4 aliphatic carbocycles. The van der Waals surface area contributed by atoms with E-state index in [1.54, 1.807) is 0 Å². The van der Waals surface area contributed by atoms with E-state index in [1.165, 1.54) is 43.4 Å². The number of nitrogens with zero attached hydrogens (tertiary/aromatic N) is 2. The molecule has 0 aromatic heterocycles. The molecule has 3 saturated carbocycles. The Morgan fingerprint density at radius 3 is 2.60 bits per heavy atom. The highest BCUT2D eigenvalue weighted by Gasteiger charge is 2.59. The molecule has 10 nitrogen and oxygen atoms in total. The Balaban J connectivity index is 1.10. The van der Waals surface area contributed by atoms with Crippen LogP contribution in [-0.2, 0) is 4.79 Å². The highest BCUT2D eigenvalue weighted by atomic mass is 16.6. The summed E-state index contributed by atoms with van der Waals surface area (Å²) in [5.74, 6) is 3.23. The molecule has 0 saturated heterocycles. The number of allylic oxidation sites excluding steroid dienone is 1. The Bertz CT molecular complexity index is 1250. The standard InChI is InChI=1S/C32H46N4O6/c1-20(4-11-30(38)34-17-16-33-28-10-6-22(35(39)40)19-29(28)36(41)42)25-8-9-26-24-7-5-21-18-23(37)12-14-31(21,2)27(24)13-15-32(25,26)3/h5-6,10,19-20,23-27,33,37H,4,7-9,11-18H2,1-3H3,(H,34,38)/t20?,23-,24-,25+,26-,27-,31-,32+/m0/s1. The molecule has 1 aromatic carbocycles. The van der Waals surface area contributed by atoms with E-state index in [0.29, 0.717) is 30.2 Å². The maximum atomic E-state index is 12.7. The maximum Gasteiger partial charge on any atom is 0.299 e. The molecule has 5 rings (SSSR count). The number of amides is 1.